The Kier molecular flexibility index (Phi) is 6.14. The van der Waals surface area contributed by atoms with Crippen LogP contribution < -0.4 is 16.4 Å². The number of hydrogen-bond donors (Lipinski definition) is 3. The Morgan fingerprint density at radius 2 is 1.78 bits per heavy atom. The third-order valence-corrected chi connectivity index (χ3v) is 3.54. The van der Waals surface area contributed by atoms with E-state index in [9.17, 15) is 22.8 Å². The fourth-order valence-corrected chi connectivity index (χ4v) is 2.07. The van der Waals surface area contributed by atoms with Crippen molar-refractivity contribution < 1.29 is 22.8 Å². The van der Waals surface area contributed by atoms with E-state index < -0.39 is 36.0 Å². The van der Waals surface area contributed by atoms with Gasteiger partial charge in [0.2, 0.25) is 11.8 Å². The number of rotatable bonds is 7. The van der Waals surface area contributed by atoms with Crippen LogP contribution >= 0.6 is 0 Å². The van der Waals surface area contributed by atoms with Crippen molar-refractivity contribution in [1.82, 2.24) is 10.6 Å². The molecule has 0 aliphatic rings. The first kappa shape index (κ1) is 19.0. The van der Waals surface area contributed by atoms with Crippen molar-refractivity contribution in [3.63, 3.8) is 0 Å². The van der Waals surface area contributed by atoms with Gasteiger partial charge in [0, 0.05) is 6.42 Å². The minimum absolute atomic E-state index is 0.105. The SMILES string of the molecule is CN[C@@](C)(CC(F)(F)F)C(=O)N[C@@H](Cc1ccccc1)C(N)=O. The first-order valence-electron chi connectivity index (χ1n) is 6.97. The van der Waals surface area contributed by atoms with E-state index in [2.05, 4.69) is 10.6 Å². The number of nitrogens with one attached hydrogen (secondary N) is 2. The van der Waals surface area contributed by atoms with E-state index >= 15 is 0 Å². The highest BCUT2D eigenvalue weighted by atomic mass is 19.4. The molecular weight excluding hydrogens is 311 g/mol. The highest BCUT2D eigenvalue weighted by Gasteiger charge is 2.44. The van der Waals surface area contributed by atoms with Gasteiger partial charge in [0.15, 0.2) is 0 Å². The largest absolute Gasteiger partial charge is 0.391 e. The van der Waals surface area contributed by atoms with Gasteiger partial charge in [-0.05, 0) is 19.5 Å². The molecule has 0 aromatic heterocycles. The summed E-state index contributed by atoms with van der Waals surface area (Å²) in [6.45, 7) is 1.12. The predicted molar refractivity (Wildman–Crippen MR) is 79.4 cm³/mol. The second-order valence-electron chi connectivity index (χ2n) is 5.49. The van der Waals surface area contributed by atoms with E-state index in [1.54, 1.807) is 30.3 Å². The molecule has 0 aliphatic heterocycles. The van der Waals surface area contributed by atoms with Crippen LogP contribution in [0.25, 0.3) is 0 Å². The van der Waals surface area contributed by atoms with E-state index in [-0.39, 0.29) is 6.42 Å². The van der Waals surface area contributed by atoms with Gasteiger partial charge in [0.05, 0.1) is 6.42 Å². The minimum atomic E-state index is -4.53. The second kappa shape index (κ2) is 7.45. The molecule has 0 bridgehead atoms. The van der Waals surface area contributed by atoms with Crippen molar-refractivity contribution in [2.75, 3.05) is 7.05 Å². The van der Waals surface area contributed by atoms with Gasteiger partial charge in [-0.1, -0.05) is 30.3 Å². The molecule has 0 heterocycles. The summed E-state index contributed by atoms with van der Waals surface area (Å²) in [5.74, 6) is -1.75. The van der Waals surface area contributed by atoms with Crippen LogP contribution in [0.5, 0.6) is 0 Å². The van der Waals surface area contributed by atoms with Crippen LogP contribution in [0.3, 0.4) is 0 Å². The predicted octanol–water partition coefficient (Wildman–Crippen LogP) is 1.13. The van der Waals surface area contributed by atoms with Gasteiger partial charge in [-0.15, -0.1) is 0 Å². The van der Waals surface area contributed by atoms with Gasteiger partial charge in [-0.2, -0.15) is 13.2 Å². The Bertz CT molecular complexity index is 549. The molecule has 0 saturated heterocycles. The maximum absolute atomic E-state index is 12.6. The summed E-state index contributed by atoms with van der Waals surface area (Å²) in [7, 11) is 1.25. The molecule has 2 atom stereocenters. The first-order valence-corrected chi connectivity index (χ1v) is 6.97. The van der Waals surface area contributed by atoms with Crippen LogP contribution in [0.1, 0.15) is 18.9 Å². The lowest BCUT2D eigenvalue weighted by Crippen LogP contribution is -2.59. The third kappa shape index (κ3) is 5.90. The van der Waals surface area contributed by atoms with Crippen molar-refractivity contribution in [1.29, 1.82) is 0 Å². The molecule has 0 aliphatic carbocycles. The van der Waals surface area contributed by atoms with E-state index in [4.69, 9.17) is 5.73 Å². The number of alkyl halides is 3. The Hall–Kier alpha value is -2.09. The maximum Gasteiger partial charge on any atom is 0.391 e. The van der Waals surface area contributed by atoms with Crippen LogP contribution in [0.4, 0.5) is 13.2 Å². The lowest BCUT2D eigenvalue weighted by molar-refractivity contribution is -0.159. The van der Waals surface area contributed by atoms with Crippen molar-refractivity contribution in [2.45, 2.75) is 37.5 Å². The van der Waals surface area contributed by atoms with Gasteiger partial charge in [-0.3, -0.25) is 9.59 Å². The summed E-state index contributed by atoms with van der Waals surface area (Å²) in [5.41, 5.74) is 4.10. The molecule has 1 rings (SSSR count). The van der Waals surface area contributed by atoms with Gasteiger partial charge >= 0.3 is 6.18 Å². The summed E-state index contributed by atoms with van der Waals surface area (Å²) in [4.78, 5) is 23.7. The molecule has 0 fully saturated rings. The van der Waals surface area contributed by atoms with Crippen LogP contribution in [-0.2, 0) is 16.0 Å². The van der Waals surface area contributed by atoms with Gasteiger partial charge in [0.25, 0.3) is 0 Å². The van der Waals surface area contributed by atoms with Crippen LogP contribution in [0.2, 0.25) is 0 Å². The van der Waals surface area contributed by atoms with Gasteiger partial charge < -0.3 is 16.4 Å². The summed E-state index contributed by atoms with van der Waals surface area (Å²) >= 11 is 0. The quantitative estimate of drug-likeness (QED) is 0.700. The van der Waals surface area contributed by atoms with Crippen LogP contribution in [-0.4, -0.2) is 36.6 Å². The van der Waals surface area contributed by atoms with Crippen molar-refractivity contribution in [2.24, 2.45) is 5.73 Å². The number of likely N-dealkylation sites (N-methyl/N-ethyl adjacent to an activating group) is 1. The lowest BCUT2D eigenvalue weighted by atomic mass is 9.95. The van der Waals surface area contributed by atoms with E-state index in [1.807, 2.05) is 0 Å². The number of primary amides is 1. The third-order valence-electron chi connectivity index (χ3n) is 3.54. The van der Waals surface area contributed by atoms with Crippen molar-refractivity contribution >= 4 is 11.8 Å². The number of hydrogen-bond acceptors (Lipinski definition) is 3. The number of halogens is 3. The summed E-state index contributed by atoms with van der Waals surface area (Å²) in [6.07, 6.45) is -5.79. The molecule has 0 radical (unpaired) electrons. The highest BCUT2D eigenvalue weighted by Crippen LogP contribution is 2.27. The fourth-order valence-electron chi connectivity index (χ4n) is 2.07. The number of amides is 2. The van der Waals surface area contributed by atoms with Crippen molar-refractivity contribution in [3.05, 3.63) is 35.9 Å². The first-order chi connectivity index (χ1) is 10.6. The second-order valence-corrected chi connectivity index (χ2v) is 5.49. The van der Waals surface area contributed by atoms with Gasteiger partial charge in [-0.25, -0.2) is 0 Å². The number of carbonyl (C=O) groups is 2. The molecule has 4 N–H and O–H groups in total. The molecule has 5 nitrogen and oxygen atoms in total. The lowest BCUT2D eigenvalue weighted by Gasteiger charge is -2.30. The molecule has 0 saturated carbocycles. The molecule has 1 aromatic rings. The fraction of sp³-hybridized carbons (Fsp3) is 0.467. The van der Waals surface area contributed by atoms with Crippen LogP contribution in [0, 0.1) is 0 Å². The smallest absolute Gasteiger partial charge is 0.368 e. The average molecular weight is 331 g/mol. The number of carbonyl (C=O) groups excluding carboxylic acids is 2. The van der Waals surface area contributed by atoms with Gasteiger partial charge in [0.1, 0.15) is 11.6 Å². The van der Waals surface area contributed by atoms with Crippen molar-refractivity contribution in [3.8, 4) is 0 Å². The molecule has 23 heavy (non-hydrogen) atoms. The molecule has 0 unspecified atom stereocenters. The molecular formula is C15H20F3N3O2. The Morgan fingerprint density at radius 1 is 1.22 bits per heavy atom. The highest BCUT2D eigenvalue weighted by molar-refractivity contribution is 5.91. The molecule has 0 spiro atoms. The molecule has 128 valence electrons. The van der Waals surface area contributed by atoms with Crippen LogP contribution in [0.15, 0.2) is 30.3 Å². The Labute approximate surface area is 132 Å². The normalized spacial score (nSPS) is 15.5. The number of nitrogens with two attached hydrogens (primary N) is 1. The van der Waals surface area contributed by atoms with E-state index in [1.165, 1.54) is 7.05 Å². The summed E-state index contributed by atoms with van der Waals surface area (Å²) in [5, 5.41) is 4.66. The zero-order chi connectivity index (χ0) is 17.7. The van der Waals surface area contributed by atoms with E-state index in [0.29, 0.717) is 0 Å². The summed E-state index contributed by atoms with van der Waals surface area (Å²) < 4.78 is 37.9. The maximum atomic E-state index is 12.6. The Morgan fingerprint density at radius 3 is 2.22 bits per heavy atom. The number of benzene rings is 1. The topological polar surface area (TPSA) is 84.2 Å². The monoisotopic (exact) mass is 331 g/mol. The zero-order valence-corrected chi connectivity index (χ0v) is 12.9. The Balaban J connectivity index is 2.86. The molecule has 8 heteroatoms. The minimum Gasteiger partial charge on any atom is -0.368 e. The molecule has 2 amide bonds. The molecule has 1 aromatic carbocycles. The summed E-state index contributed by atoms with van der Waals surface area (Å²) in [6, 6.07) is 7.64. The van der Waals surface area contributed by atoms with E-state index in [0.717, 1.165) is 12.5 Å². The average Bonchev–Trinajstić information content (AvgIpc) is 2.45. The standard InChI is InChI=1S/C15H20F3N3O2/c1-14(20-2,9-15(16,17)18)13(23)21-11(12(19)22)8-10-6-4-3-5-7-10/h3-7,11,20H,8-9H2,1-2H3,(H2,19,22)(H,21,23)/t11-,14-/m0/s1. The zero-order valence-electron chi connectivity index (χ0n) is 12.9.